The fraction of sp³-hybridized carbons (Fsp3) is 0.562. The molecule has 0 fully saturated rings. The van der Waals surface area contributed by atoms with Gasteiger partial charge in [-0.25, -0.2) is 0 Å². The predicted molar refractivity (Wildman–Crippen MR) is 85.0 cm³/mol. The van der Waals surface area contributed by atoms with Crippen LogP contribution < -0.4 is 5.32 Å². The van der Waals surface area contributed by atoms with E-state index in [2.05, 4.69) is 24.4 Å². The van der Waals surface area contributed by atoms with Gasteiger partial charge in [0.25, 0.3) is 0 Å². The average molecular weight is 295 g/mol. The van der Waals surface area contributed by atoms with E-state index in [9.17, 15) is 4.79 Å². The summed E-state index contributed by atoms with van der Waals surface area (Å²) in [6.07, 6.45) is 1.81. The van der Waals surface area contributed by atoms with Gasteiger partial charge in [0.15, 0.2) is 0 Å². The first kappa shape index (κ1) is 17.1. The summed E-state index contributed by atoms with van der Waals surface area (Å²) in [6.45, 7) is 6.97. The molecule has 0 aromatic heterocycles. The number of rotatable bonds is 8. The molecule has 112 valence electrons. The fourth-order valence-electron chi connectivity index (χ4n) is 1.71. The minimum Gasteiger partial charge on any atom is -0.396 e. The predicted octanol–water partition coefficient (Wildman–Crippen LogP) is 3.00. The van der Waals surface area contributed by atoms with E-state index in [0.717, 1.165) is 17.7 Å². The third kappa shape index (κ3) is 6.96. The SMILES string of the molecule is Cc1ccc(SCC(=O)NCCCC(C)(C)CO)cc1. The Bertz CT molecular complexity index is 415. The van der Waals surface area contributed by atoms with Crippen LogP contribution in [0.3, 0.4) is 0 Å². The number of aliphatic hydroxyl groups excluding tert-OH is 1. The number of carbonyl (C=O) groups excluding carboxylic acids is 1. The van der Waals surface area contributed by atoms with Crippen LogP contribution in [-0.4, -0.2) is 29.9 Å². The van der Waals surface area contributed by atoms with Gasteiger partial charge in [-0.1, -0.05) is 31.5 Å². The lowest BCUT2D eigenvalue weighted by atomic mass is 9.89. The zero-order valence-electron chi connectivity index (χ0n) is 12.6. The zero-order chi connectivity index (χ0) is 15.0. The Morgan fingerprint density at radius 3 is 2.55 bits per heavy atom. The molecule has 2 N–H and O–H groups in total. The van der Waals surface area contributed by atoms with Gasteiger partial charge in [0.05, 0.1) is 5.75 Å². The zero-order valence-corrected chi connectivity index (χ0v) is 13.4. The van der Waals surface area contributed by atoms with Crippen molar-refractivity contribution in [3.8, 4) is 0 Å². The summed E-state index contributed by atoms with van der Waals surface area (Å²) in [7, 11) is 0. The molecule has 4 heteroatoms. The summed E-state index contributed by atoms with van der Waals surface area (Å²) in [4.78, 5) is 12.8. The van der Waals surface area contributed by atoms with Crippen LogP contribution in [-0.2, 0) is 4.79 Å². The summed E-state index contributed by atoms with van der Waals surface area (Å²) >= 11 is 1.55. The van der Waals surface area contributed by atoms with Gasteiger partial charge in [-0.15, -0.1) is 11.8 Å². The van der Waals surface area contributed by atoms with Crippen LogP contribution in [0.1, 0.15) is 32.3 Å². The molecule has 0 atom stereocenters. The third-order valence-corrected chi connectivity index (χ3v) is 4.18. The Hall–Kier alpha value is -1.00. The molecule has 1 aromatic carbocycles. The topological polar surface area (TPSA) is 49.3 Å². The van der Waals surface area contributed by atoms with E-state index >= 15 is 0 Å². The molecule has 1 aromatic rings. The minimum absolute atomic E-state index is 0.0542. The molecule has 1 amide bonds. The van der Waals surface area contributed by atoms with E-state index in [1.807, 2.05) is 26.0 Å². The molecule has 0 heterocycles. The van der Waals surface area contributed by atoms with E-state index < -0.39 is 0 Å². The van der Waals surface area contributed by atoms with Gasteiger partial charge >= 0.3 is 0 Å². The summed E-state index contributed by atoms with van der Waals surface area (Å²) < 4.78 is 0. The third-order valence-electron chi connectivity index (χ3n) is 3.17. The fourth-order valence-corrected chi connectivity index (χ4v) is 2.44. The number of hydrogen-bond donors (Lipinski definition) is 2. The van der Waals surface area contributed by atoms with E-state index in [4.69, 9.17) is 5.11 Å². The molecular formula is C16H25NO2S. The van der Waals surface area contributed by atoms with Crippen LogP contribution in [0.2, 0.25) is 0 Å². The maximum Gasteiger partial charge on any atom is 0.230 e. The Morgan fingerprint density at radius 1 is 1.30 bits per heavy atom. The van der Waals surface area contributed by atoms with Crippen LogP contribution >= 0.6 is 11.8 Å². The van der Waals surface area contributed by atoms with Gasteiger partial charge in [0.1, 0.15) is 0 Å². The first-order valence-corrected chi connectivity index (χ1v) is 7.98. The second kappa shape index (κ2) is 8.32. The number of carbonyl (C=O) groups is 1. The first-order valence-electron chi connectivity index (χ1n) is 7.00. The number of aryl methyl sites for hydroxylation is 1. The number of aliphatic hydroxyl groups is 1. The van der Waals surface area contributed by atoms with Gasteiger partial charge in [-0.3, -0.25) is 4.79 Å². The smallest absolute Gasteiger partial charge is 0.230 e. The van der Waals surface area contributed by atoms with E-state index in [-0.39, 0.29) is 17.9 Å². The standard InChI is InChI=1S/C16H25NO2S/c1-13-5-7-14(8-6-13)20-11-15(19)17-10-4-9-16(2,3)12-18/h5-8,18H,4,9-12H2,1-3H3,(H,17,19). The summed E-state index contributed by atoms with van der Waals surface area (Å²) in [5, 5.41) is 12.1. The maximum atomic E-state index is 11.7. The second-order valence-electron chi connectivity index (χ2n) is 5.88. The highest BCUT2D eigenvalue weighted by Crippen LogP contribution is 2.20. The summed E-state index contributed by atoms with van der Waals surface area (Å²) in [5.74, 6) is 0.518. The number of amides is 1. The van der Waals surface area contributed by atoms with Crippen molar-refractivity contribution in [1.82, 2.24) is 5.32 Å². The highest BCUT2D eigenvalue weighted by molar-refractivity contribution is 8.00. The van der Waals surface area contributed by atoms with Crippen LogP contribution in [0.15, 0.2) is 29.2 Å². The molecule has 0 bridgehead atoms. The normalized spacial score (nSPS) is 11.4. The lowest BCUT2D eigenvalue weighted by Gasteiger charge is -2.21. The average Bonchev–Trinajstić information content (AvgIpc) is 2.43. The van der Waals surface area contributed by atoms with Crippen LogP contribution in [0.4, 0.5) is 0 Å². The van der Waals surface area contributed by atoms with Gasteiger partial charge < -0.3 is 10.4 Å². The van der Waals surface area contributed by atoms with Crippen molar-refractivity contribution in [2.45, 2.75) is 38.5 Å². The van der Waals surface area contributed by atoms with Gasteiger partial charge in [-0.2, -0.15) is 0 Å². The molecule has 0 saturated carbocycles. The Labute approximate surface area is 126 Å². The molecule has 0 unspecified atom stereocenters. The molecule has 0 aliphatic heterocycles. The monoisotopic (exact) mass is 295 g/mol. The Morgan fingerprint density at radius 2 is 1.95 bits per heavy atom. The van der Waals surface area contributed by atoms with Crippen molar-refractivity contribution in [3.63, 3.8) is 0 Å². The number of benzene rings is 1. The minimum atomic E-state index is -0.0542. The molecule has 0 spiro atoms. The molecule has 0 aliphatic carbocycles. The maximum absolute atomic E-state index is 11.7. The van der Waals surface area contributed by atoms with Crippen molar-refractivity contribution >= 4 is 17.7 Å². The lowest BCUT2D eigenvalue weighted by Crippen LogP contribution is -2.27. The van der Waals surface area contributed by atoms with Crippen LogP contribution in [0.25, 0.3) is 0 Å². The Balaban J connectivity index is 2.16. The van der Waals surface area contributed by atoms with Gasteiger partial charge in [0, 0.05) is 18.0 Å². The number of nitrogens with one attached hydrogen (secondary N) is 1. The summed E-state index contributed by atoms with van der Waals surface area (Å²) in [5.41, 5.74) is 1.17. The molecular weight excluding hydrogens is 270 g/mol. The van der Waals surface area contributed by atoms with E-state index in [1.165, 1.54) is 5.56 Å². The van der Waals surface area contributed by atoms with Crippen molar-refractivity contribution in [3.05, 3.63) is 29.8 Å². The van der Waals surface area contributed by atoms with E-state index in [1.54, 1.807) is 11.8 Å². The summed E-state index contributed by atoms with van der Waals surface area (Å²) in [6, 6.07) is 8.18. The van der Waals surface area contributed by atoms with Gasteiger partial charge in [-0.05, 0) is 37.3 Å². The van der Waals surface area contributed by atoms with E-state index in [0.29, 0.717) is 12.3 Å². The highest BCUT2D eigenvalue weighted by atomic mass is 32.2. The van der Waals surface area contributed by atoms with Crippen LogP contribution in [0, 0.1) is 12.3 Å². The molecule has 20 heavy (non-hydrogen) atoms. The molecule has 1 rings (SSSR count). The highest BCUT2D eigenvalue weighted by Gasteiger charge is 2.15. The largest absolute Gasteiger partial charge is 0.396 e. The molecule has 3 nitrogen and oxygen atoms in total. The molecule has 0 aliphatic rings. The molecule has 0 radical (unpaired) electrons. The van der Waals surface area contributed by atoms with Crippen LogP contribution in [0.5, 0.6) is 0 Å². The van der Waals surface area contributed by atoms with Gasteiger partial charge in [0.2, 0.25) is 5.91 Å². The number of thioether (sulfide) groups is 1. The Kier molecular flexibility index (Phi) is 7.10. The quantitative estimate of drug-likeness (QED) is 0.572. The second-order valence-corrected chi connectivity index (χ2v) is 6.93. The van der Waals surface area contributed by atoms with Crippen molar-refractivity contribution in [1.29, 1.82) is 0 Å². The van der Waals surface area contributed by atoms with Crippen molar-refractivity contribution < 1.29 is 9.90 Å². The lowest BCUT2D eigenvalue weighted by molar-refractivity contribution is -0.118. The van der Waals surface area contributed by atoms with Crippen molar-refractivity contribution in [2.24, 2.45) is 5.41 Å². The van der Waals surface area contributed by atoms with Crippen molar-refractivity contribution in [2.75, 3.05) is 18.9 Å². The molecule has 0 saturated heterocycles. The number of hydrogen-bond acceptors (Lipinski definition) is 3. The first-order chi connectivity index (χ1) is 9.43.